The van der Waals surface area contributed by atoms with Gasteiger partial charge in [0, 0.05) is 6.04 Å². The summed E-state index contributed by atoms with van der Waals surface area (Å²) in [5, 5.41) is 11.9. The van der Waals surface area contributed by atoms with Gasteiger partial charge in [-0.2, -0.15) is 0 Å². The second kappa shape index (κ2) is 6.52. The number of carbonyl (C=O) groups excluding carboxylic acids is 1. The summed E-state index contributed by atoms with van der Waals surface area (Å²) in [5.74, 6) is -1.60. The lowest BCUT2D eigenvalue weighted by Gasteiger charge is -2.20. The maximum Gasteiger partial charge on any atom is 0.308 e. The Labute approximate surface area is 118 Å². The number of rotatable bonds is 5. The van der Waals surface area contributed by atoms with E-state index in [1.807, 2.05) is 30.3 Å². The highest BCUT2D eigenvalue weighted by atomic mass is 16.4. The highest BCUT2D eigenvalue weighted by molar-refractivity contribution is 5.83. The number of amides is 1. The van der Waals surface area contributed by atoms with Crippen LogP contribution in [-0.2, 0) is 16.0 Å². The molecule has 2 unspecified atom stereocenters. The fourth-order valence-corrected chi connectivity index (χ4v) is 2.68. The first-order valence-corrected chi connectivity index (χ1v) is 6.90. The average Bonchev–Trinajstić information content (AvgIpc) is 2.88. The minimum absolute atomic E-state index is 0.271. The Morgan fingerprint density at radius 1 is 1.30 bits per heavy atom. The van der Waals surface area contributed by atoms with Crippen molar-refractivity contribution in [2.45, 2.75) is 37.8 Å². The van der Waals surface area contributed by atoms with Gasteiger partial charge in [0.1, 0.15) is 0 Å². The molecule has 0 spiro atoms. The van der Waals surface area contributed by atoms with Crippen molar-refractivity contribution in [1.29, 1.82) is 0 Å². The molecule has 0 bridgehead atoms. The highest BCUT2D eigenvalue weighted by Gasteiger charge is 2.34. The van der Waals surface area contributed by atoms with E-state index in [1.165, 1.54) is 0 Å². The minimum atomic E-state index is -0.843. The smallest absolute Gasteiger partial charge is 0.308 e. The van der Waals surface area contributed by atoms with Crippen LogP contribution in [0.25, 0.3) is 0 Å². The molecule has 0 radical (unpaired) electrons. The van der Waals surface area contributed by atoms with Gasteiger partial charge in [0.05, 0.1) is 12.0 Å². The molecule has 1 aromatic rings. The number of benzene rings is 1. The molecule has 3 atom stereocenters. The average molecular weight is 276 g/mol. The number of nitrogens with two attached hydrogens (primary N) is 1. The molecule has 1 fully saturated rings. The number of nitrogens with one attached hydrogen (secondary N) is 1. The van der Waals surface area contributed by atoms with E-state index >= 15 is 0 Å². The third kappa shape index (κ3) is 3.57. The largest absolute Gasteiger partial charge is 0.481 e. The predicted molar refractivity (Wildman–Crippen MR) is 75.0 cm³/mol. The zero-order chi connectivity index (χ0) is 14.5. The van der Waals surface area contributed by atoms with E-state index in [4.69, 9.17) is 10.8 Å². The summed E-state index contributed by atoms with van der Waals surface area (Å²) in [6.45, 7) is 0. The van der Waals surface area contributed by atoms with Gasteiger partial charge < -0.3 is 16.2 Å². The molecule has 1 aliphatic carbocycles. The molecular weight excluding hydrogens is 256 g/mol. The molecule has 2 rings (SSSR count). The number of carboxylic acids is 1. The molecule has 1 aromatic carbocycles. The monoisotopic (exact) mass is 276 g/mol. The van der Waals surface area contributed by atoms with Crippen LogP contribution in [0.2, 0.25) is 0 Å². The Morgan fingerprint density at radius 3 is 2.65 bits per heavy atom. The summed E-state index contributed by atoms with van der Waals surface area (Å²) in [6.07, 6.45) is 2.61. The topological polar surface area (TPSA) is 92.4 Å². The van der Waals surface area contributed by atoms with Crippen molar-refractivity contribution in [3.05, 3.63) is 35.9 Å². The van der Waals surface area contributed by atoms with Crippen LogP contribution in [0.3, 0.4) is 0 Å². The van der Waals surface area contributed by atoms with Crippen molar-refractivity contribution >= 4 is 11.9 Å². The fourth-order valence-electron chi connectivity index (χ4n) is 2.68. The Bertz CT molecular complexity index is 475. The van der Waals surface area contributed by atoms with E-state index in [9.17, 15) is 9.59 Å². The normalized spacial score (nSPS) is 23.2. The molecule has 0 aromatic heterocycles. The van der Waals surface area contributed by atoms with E-state index < -0.39 is 17.9 Å². The van der Waals surface area contributed by atoms with Crippen LogP contribution >= 0.6 is 0 Å². The lowest BCUT2D eigenvalue weighted by atomic mass is 10.0. The number of aliphatic carboxylic acids is 1. The summed E-state index contributed by atoms with van der Waals surface area (Å²) >= 11 is 0. The maximum absolute atomic E-state index is 12.0. The molecule has 5 nitrogen and oxygen atoms in total. The summed E-state index contributed by atoms with van der Waals surface area (Å²) in [6, 6.07) is 8.61. The van der Waals surface area contributed by atoms with Gasteiger partial charge in [0.15, 0.2) is 0 Å². The number of carbonyl (C=O) groups is 2. The Hall–Kier alpha value is -1.88. The summed E-state index contributed by atoms with van der Waals surface area (Å²) < 4.78 is 0. The molecule has 0 saturated heterocycles. The molecule has 1 aliphatic rings. The van der Waals surface area contributed by atoms with Gasteiger partial charge in [-0.25, -0.2) is 0 Å². The standard InChI is InChI=1S/C15H20N2O3/c16-12(9-10-5-2-1-3-6-10)14(18)17-13-8-4-7-11(13)15(19)20/h1-3,5-6,11-13H,4,7-9,16H2,(H,17,18)(H,19,20)/t11?,12-,13?/m0/s1. The molecule has 20 heavy (non-hydrogen) atoms. The number of hydrogen-bond acceptors (Lipinski definition) is 3. The van der Waals surface area contributed by atoms with Gasteiger partial charge in [-0.05, 0) is 24.8 Å². The van der Waals surface area contributed by atoms with Crippen LogP contribution in [-0.4, -0.2) is 29.1 Å². The van der Waals surface area contributed by atoms with Crippen molar-refractivity contribution < 1.29 is 14.7 Å². The number of carboxylic acid groups (broad SMARTS) is 1. The maximum atomic E-state index is 12.0. The van der Waals surface area contributed by atoms with E-state index in [2.05, 4.69) is 5.32 Å². The number of hydrogen-bond donors (Lipinski definition) is 3. The van der Waals surface area contributed by atoms with E-state index in [0.717, 1.165) is 12.0 Å². The van der Waals surface area contributed by atoms with Gasteiger partial charge in [0.25, 0.3) is 0 Å². The van der Waals surface area contributed by atoms with Crippen molar-refractivity contribution in [2.75, 3.05) is 0 Å². The lowest BCUT2D eigenvalue weighted by Crippen LogP contribution is -2.48. The lowest BCUT2D eigenvalue weighted by molar-refractivity contribution is -0.142. The van der Waals surface area contributed by atoms with Gasteiger partial charge in [-0.1, -0.05) is 36.8 Å². The van der Waals surface area contributed by atoms with E-state index in [0.29, 0.717) is 19.3 Å². The molecule has 4 N–H and O–H groups in total. The SMILES string of the molecule is N[C@@H](Cc1ccccc1)C(=O)NC1CCCC1C(=O)O. The van der Waals surface area contributed by atoms with Gasteiger partial charge in [-0.15, -0.1) is 0 Å². The van der Waals surface area contributed by atoms with Crippen LogP contribution in [0.15, 0.2) is 30.3 Å². The van der Waals surface area contributed by atoms with Crippen molar-refractivity contribution in [3.63, 3.8) is 0 Å². The summed E-state index contributed by atoms with van der Waals surface area (Å²) in [4.78, 5) is 23.1. The van der Waals surface area contributed by atoms with E-state index in [1.54, 1.807) is 0 Å². The summed E-state index contributed by atoms with van der Waals surface area (Å²) in [7, 11) is 0. The van der Waals surface area contributed by atoms with Gasteiger partial charge in [-0.3, -0.25) is 9.59 Å². The van der Waals surface area contributed by atoms with Crippen molar-refractivity contribution in [3.8, 4) is 0 Å². The Balaban J connectivity index is 1.89. The molecule has 1 saturated carbocycles. The first-order valence-electron chi connectivity index (χ1n) is 6.90. The van der Waals surface area contributed by atoms with E-state index in [-0.39, 0.29) is 11.9 Å². The quantitative estimate of drug-likeness (QED) is 0.746. The fraction of sp³-hybridized carbons (Fsp3) is 0.467. The van der Waals surface area contributed by atoms with Crippen molar-refractivity contribution in [2.24, 2.45) is 11.7 Å². The third-order valence-electron chi connectivity index (χ3n) is 3.80. The molecule has 0 heterocycles. The molecule has 5 heteroatoms. The first-order chi connectivity index (χ1) is 9.58. The van der Waals surface area contributed by atoms with Crippen LogP contribution in [0.1, 0.15) is 24.8 Å². The van der Waals surface area contributed by atoms with Crippen LogP contribution in [0, 0.1) is 5.92 Å². The first kappa shape index (κ1) is 14.5. The van der Waals surface area contributed by atoms with Crippen molar-refractivity contribution in [1.82, 2.24) is 5.32 Å². The molecule has 1 amide bonds. The molecule has 108 valence electrons. The highest BCUT2D eigenvalue weighted by Crippen LogP contribution is 2.25. The Morgan fingerprint density at radius 2 is 2.00 bits per heavy atom. The molecular formula is C15H20N2O3. The second-order valence-electron chi connectivity index (χ2n) is 5.29. The zero-order valence-electron chi connectivity index (χ0n) is 11.3. The van der Waals surface area contributed by atoms with Gasteiger partial charge >= 0.3 is 5.97 Å². The third-order valence-corrected chi connectivity index (χ3v) is 3.80. The van der Waals surface area contributed by atoms with Crippen LogP contribution < -0.4 is 11.1 Å². The second-order valence-corrected chi connectivity index (χ2v) is 5.29. The summed E-state index contributed by atoms with van der Waals surface area (Å²) in [5.41, 5.74) is 6.89. The molecule has 0 aliphatic heterocycles. The Kier molecular flexibility index (Phi) is 4.74. The van der Waals surface area contributed by atoms with Crippen LogP contribution in [0.4, 0.5) is 0 Å². The zero-order valence-corrected chi connectivity index (χ0v) is 11.3. The van der Waals surface area contributed by atoms with Gasteiger partial charge in [0.2, 0.25) is 5.91 Å². The predicted octanol–water partition coefficient (Wildman–Crippen LogP) is 0.926. The minimum Gasteiger partial charge on any atom is -0.481 e. The van der Waals surface area contributed by atoms with Crippen LogP contribution in [0.5, 0.6) is 0 Å².